The molecule has 200 valence electrons. The SMILES string of the molecule is Cc1cc(Cl)cc(-c2ncnn3cc(Cn4c(=O)ccn(CC(F)(F)F)c4=O)cc23)c1C[C@@H]1CNCCO1. The molecule has 0 saturated carbocycles. The van der Waals surface area contributed by atoms with Crippen molar-refractivity contribution in [2.75, 3.05) is 19.7 Å². The molecule has 0 unspecified atom stereocenters. The quantitative estimate of drug-likeness (QED) is 0.398. The maximum atomic E-state index is 12.9. The number of benzene rings is 1. The Labute approximate surface area is 219 Å². The van der Waals surface area contributed by atoms with Crippen molar-refractivity contribution in [2.24, 2.45) is 0 Å². The van der Waals surface area contributed by atoms with Gasteiger partial charge in [-0.15, -0.1) is 0 Å². The molecule has 1 atom stereocenters. The molecule has 0 spiro atoms. The second-order valence-electron chi connectivity index (χ2n) is 9.20. The number of nitrogens with one attached hydrogen (secondary N) is 1. The Morgan fingerprint density at radius 1 is 1.24 bits per heavy atom. The second kappa shape index (κ2) is 10.4. The maximum absolute atomic E-state index is 12.9. The first kappa shape index (κ1) is 26.1. The Kier molecular flexibility index (Phi) is 7.12. The van der Waals surface area contributed by atoms with E-state index in [1.807, 2.05) is 19.1 Å². The lowest BCUT2D eigenvalue weighted by atomic mass is 9.94. The molecule has 5 rings (SSSR count). The predicted molar refractivity (Wildman–Crippen MR) is 135 cm³/mol. The number of hydrogen-bond donors (Lipinski definition) is 1. The molecule has 1 aliphatic heterocycles. The van der Waals surface area contributed by atoms with Crippen LogP contribution in [0.25, 0.3) is 16.8 Å². The topological polar surface area (TPSA) is 95.5 Å². The third-order valence-electron chi connectivity index (χ3n) is 6.42. The summed E-state index contributed by atoms with van der Waals surface area (Å²) in [6.45, 7) is 2.38. The summed E-state index contributed by atoms with van der Waals surface area (Å²) in [5.74, 6) is 0. The number of ether oxygens (including phenoxy) is 1. The van der Waals surface area contributed by atoms with Crippen molar-refractivity contribution in [3.05, 3.63) is 85.5 Å². The van der Waals surface area contributed by atoms with E-state index in [2.05, 4.69) is 15.4 Å². The minimum Gasteiger partial charge on any atom is -0.375 e. The molecular formula is C25H24ClF3N6O3. The molecule has 13 heteroatoms. The molecule has 0 aliphatic carbocycles. The predicted octanol–water partition coefficient (Wildman–Crippen LogP) is 2.82. The highest BCUT2D eigenvalue weighted by atomic mass is 35.5. The van der Waals surface area contributed by atoms with Gasteiger partial charge in [0.2, 0.25) is 0 Å². The zero-order valence-electron chi connectivity index (χ0n) is 20.3. The van der Waals surface area contributed by atoms with Crippen molar-refractivity contribution < 1.29 is 17.9 Å². The molecule has 4 heterocycles. The molecule has 0 bridgehead atoms. The van der Waals surface area contributed by atoms with Crippen molar-refractivity contribution >= 4 is 17.1 Å². The number of morpholine rings is 1. The van der Waals surface area contributed by atoms with Crippen LogP contribution in [-0.4, -0.2) is 55.7 Å². The first-order valence-electron chi connectivity index (χ1n) is 11.9. The Hall–Kier alpha value is -3.48. The number of alkyl halides is 3. The van der Waals surface area contributed by atoms with E-state index in [-0.39, 0.29) is 12.6 Å². The van der Waals surface area contributed by atoms with Crippen molar-refractivity contribution in [1.82, 2.24) is 29.0 Å². The molecule has 1 fully saturated rings. The van der Waals surface area contributed by atoms with Gasteiger partial charge >= 0.3 is 11.9 Å². The summed E-state index contributed by atoms with van der Waals surface area (Å²) in [5.41, 5.74) is 2.71. The summed E-state index contributed by atoms with van der Waals surface area (Å²) in [6, 6.07) is 6.36. The lowest BCUT2D eigenvalue weighted by molar-refractivity contribution is -0.141. The van der Waals surface area contributed by atoms with Crippen LogP contribution in [0.15, 0.2) is 52.6 Å². The first-order valence-corrected chi connectivity index (χ1v) is 12.3. The summed E-state index contributed by atoms with van der Waals surface area (Å²) in [5, 5.41) is 8.11. The van der Waals surface area contributed by atoms with E-state index in [1.54, 1.807) is 16.8 Å². The molecule has 38 heavy (non-hydrogen) atoms. The zero-order valence-corrected chi connectivity index (χ0v) is 21.1. The van der Waals surface area contributed by atoms with Crippen LogP contribution in [0.2, 0.25) is 5.02 Å². The standard InChI is InChI=1S/C25H24ClF3N6O3/c1-15-6-17(26)8-20(19(15)9-18-10-30-3-5-38-18)23-21-7-16(12-35(21)32-14-31-23)11-34-22(36)2-4-33(24(34)37)13-25(27,28)29/h2,4,6-8,12,14,18,30H,3,5,9-11,13H2,1H3/t18-/m1/s1. The van der Waals surface area contributed by atoms with Crippen LogP contribution >= 0.6 is 11.6 Å². The van der Waals surface area contributed by atoms with Gasteiger partial charge in [0.05, 0.1) is 30.5 Å². The van der Waals surface area contributed by atoms with Gasteiger partial charge in [-0.25, -0.2) is 14.3 Å². The molecule has 1 aromatic carbocycles. The number of aromatic nitrogens is 5. The summed E-state index contributed by atoms with van der Waals surface area (Å²) in [7, 11) is 0. The summed E-state index contributed by atoms with van der Waals surface area (Å²) in [6.07, 6.45) is -0.149. The van der Waals surface area contributed by atoms with Crippen LogP contribution in [0.3, 0.4) is 0 Å². The van der Waals surface area contributed by atoms with Crippen molar-refractivity contribution in [3.8, 4) is 11.3 Å². The van der Waals surface area contributed by atoms with Gasteiger partial charge in [-0.05, 0) is 41.8 Å². The highest BCUT2D eigenvalue weighted by molar-refractivity contribution is 6.31. The monoisotopic (exact) mass is 548 g/mol. The van der Waals surface area contributed by atoms with Crippen LogP contribution in [0.1, 0.15) is 16.7 Å². The number of rotatable bonds is 6. The maximum Gasteiger partial charge on any atom is 0.406 e. The van der Waals surface area contributed by atoms with Crippen LogP contribution in [0.4, 0.5) is 13.2 Å². The van der Waals surface area contributed by atoms with Crippen LogP contribution < -0.4 is 16.6 Å². The molecule has 1 saturated heterocycles. The van der Waals surface area contributed by atoms with E-state index in [0.29, 0.717) is 45.9 Å². The highest BCUT2D eigenvalue weighted by Gasteiger charge is 2.29. The minimum atomic E-state index is -4.60. The van der Waals surface area contributed by atoms with Gasteiger partial charge in [0.1, 0.15) is 12.9 Å². The van der Waals surface area contributed by atoms with Gasteiger partial charge in [0.25, 0.3) is 5.56 Å². The molecule has 1 aliphatic rings. The van der Waals surface area contributed by atoms with Crippen LogP contribution in [0.5, 0.6) is 0 Å². The fourth-order valence-corrected chi connectivity index (χ4v) is 4.98. The van der Waals surface area contributed by atoms with Crippen molar-refractivity contribution in [3.63, 3.8) is 0 Å². The Morgan fingerprint density at radius 2 is 2.05 bits per heavy atom. The molecule has 3 aromatic heterocycles. The van der Waals surface area contributed by atoms with E-state index >= 15 is 0 Å². The number of nitrogens with zero attached hydrogens (tertiary/aromatic N) is 5. The van der Waals surface area contributed by atoms with Gasteiger partial charge in [-0.2, -0.15) is 18.3 Å². The first-order chi connectivity index (χ1) is 18.1. The van der Waals surface area contributed by atoms with Gasteiger partial charge in [-0.1, -0.05) is 11.6 Å². The summed E-state index contributed by atoms with van der Waals surface area (Å²) in [4.78, 5) is 29.5. The molecule has 1 N–H and O–H groups in total. The zero-order chi connectivity index (χ0) is 27.0. The summed E-state index contributed by atoms with van der Waals surface area (Å²) < 4.78 is 47.3. The van der Waals surface area contributed by atoms with E-state index < -0.39 is 24.0 Å². The number of aryl methyl sites for hydroxylation is 1. The number of halogens is 4. The normalized spacial score (nSPS) is 16.3. The molecule has 0 amide bonds. The lowest BCUT2D eigenvalue weighted by Gasteiger charge is -2.25. The van der Waals surface area contributed by atoms with E-state index in [9.17, 15) is 22.8 Å². The third kappa shape index (κ3) is 5.52. The second-order valence-corrected chi connectivity index (χ2v) is 9.64. The van der Waals surface area contributed by atoms with Gasteiger partial charge in [0, 0.05) is 48.6 Å². The van der Waals surface area contributed by atoms with Gasteiger partial charge in [-0.3, -0.25) is 13.9 Å². The Bertz CT molecular complexity index is 1600. The average Bonchev–Trinajstić information content (AvgIpc) is 3.28. The largest absolute Gasteiger partial charge is 0.406 e. The fraction of sp³-hybridized carbons (Fsp3) is 0.360. The van der Waals surface area contributed by atoms with Gasteiger partial charge < -0.3 is 10.1 Å². The molecule has 9 nitrogen and oxygen atoms in total. The number of hydrogen-bond acceptors (Lipinski definition) is 6. The lowest BCUT2D eigenvalue weighted by Crippen LogP contribution is -2.41. The smallest absolute Gasteiger partial charge is 0.375 e. The van der Waals surface area contributed by atoms with Crippen molar-refractivity contribution in [1.29, 1.82) is 0 Å². The highest BCUT2D eigenvalue weighted by Crippen LogP contribution is 2.33. The Morgan fingerprint density at radius 3 is 2.79 bits per heavy atom. The van der Waals surface area contributed by atoms with Crippen LogP contribution in [0, 0.1) is 6.92 Å². The third-order valence-corrected chi connectivity index (χ3v) is 6.64. The van der Waals surface area contributed by atoms with E-state index in [1.165, 1.54) is 6.33 Å². The molecular weight excluding hydrogens is 525 g/mol. The van der Waals surface area contributed by atoms with Gasteiger partial charge in [0.15, 0.2) is 0 Å². The summed E-state index contributed by atoms with van der Waals surface area (Å²) >= 11 is 6.42. The average molecular weight is 549 g/mol. The van der Waals surface area contributed by atoms with E-state index in [0.717, 1.165) is 40.1 Å². The minimum absolute atomic E-state index is 0.0218. The Balaban J connectivity index is 1.55. The van der Waals surface area contributed by atoms with E-state index in [4.69, 9.17) is 16.3 Å². The number of fused-ring (bicyclic) bond motifs is 1. The fourth-order valence-electron chi connectivity index (χ4n) is 4.71. The molecule has 4 aromatic rings. The van der Waals surface area contributed by atoms with Crippen molar-refractivity contribution in [2.45, 2.75) is 38.7 Å². The molecule has 0 radical (unpaired) electrons. The van der Waals surface area contributed by atoms with Crippen LogP contribution in [-0.2, 0) is 24.2 Å².